The first-order valence-corrected chi connectivity index (χ1v) is 9.24. The molecule has 1 aliphatic carbocycles. The number of carbonyl (C=O) groups excluding carboxylic acids is 3. The van der Waals surface area contributed by atoms with Gasteiger partial charge in [-0.15, -0.1) is 0 Å². The number of amides is 2. The summed E-state index contributed by atoms with van der Waals surface area (Å²) in [6.45, 7) is 1.88. The molecule has 1 saturated carbocycles. The molecule has 1 aliphatic heterocycles. The summed E-state index contributed by atoms with van der Waals surface area (Å²) in [5.41, 5.74) is 0. The zero-order chi connectivity index (χ0) is 18.7. The van der Waals surface area contributed by atoms with Crippen molar-refractivity contribution in [3.05, 3.63) is 23.4 Å². The molecule has 1 N–H and O–H groups in total. The Kier molecular flexibility index (Phi) is 5.76. The number of anilines is 1. The maximum atomic E-state index is 12.3. The topological polar surface area (TPSA) is 88.6 Å². The van der Waals surface area contributed by atoms with Gasteiger partial charge in [-0.3, -0.25) is 14.4 Å². The van der Waals surface area contributed by atoms with E-state index in [0.29, 0.717) is 17.4 Å². The summed E-state index contributed by atoms with van der Waals surface area (Å²) >= 11 is 5.75. The second-order valence-electron chi connectivity index (χ2n) is 6.82. The number of rotatable bonds is 5. The Labute approximate surface area is 157 Å². The lowest BCUT2D eigenvalue weighted by atomic mass is 10.1. The molecule has 7 nitrogen and oxygen atoms in total. The van der Waals surface area contributed by atoms with Crippen LogP contribution in [-0.2, 0) is 19.1 Å². The van der Waals surface area contributed by atoms with Gasteiger partial charge >= 0.3 is 5.97 Å². The zero-order valence-corrected chi connectivity index (χ0v) is 15.4. The molecule has 2 atom stereocenters. The van der Waals surface area contributed by atoms with Gasteiger partial charge in [-0.05, 0) is 31.9 Å². The number of hydrogen-bond donors (Lipinski definition) is 1. The van der Waals surface area contributed by atoms with Gasteiger partial charge < -0.3 is 15.0 Å². The summed E-state index contributed by atoms with van der Waals surface area (Å²) < 4.78 is 5.27. The molecule has 0 radical (unpaired) electrons. The van der Waals surface area contributed by atoms with Crippen molar-refractivity contribution in [1.29, 1.82) is 0 Å². The van der Waals surface area contributed by atoms with Crippen molar-refractivity contribution in [3.8, 4) is 0 Å². The van der Waals surface area contributed by atoms with Crippen LogP contribution in [0.2, 0.25) is 5.02 Å². The molecule has 140 valence electrons. The van der Waals surface area contributed by atoms with Crippen LogP contribution in [0.3, 0.4) is 0 Å². The van der Waals surface area contributed by atoms with E-state index >= 15 is 0 Å². The molecule has 8 heteroatoms. The number of nitrogens with zero attached hydrogens (tertiary/aromatic N) is 2. The Morgan fingerprint density at radius 2 is 2.08 bits per heavy atom. The Balaban J connectivity index is 1.51. The Morgan fingerprint density at radius 3 is 2.73 bits per heavy atom. The normalized spacial score (nSPS) is 21.7. The number of pyridine rings is 1. The van der Waals surface area contributed by atoms with E-state index in [9.17, 15) is 14.4 Å². The van der Waals surface area contributed by atoms with Gasteiger partial charge in [0.15, 0.2) is 6.10 Å². The van der Waals surface area contributed by atoms with Crippen LogP contribution in [0, 0.1) is 5.92 Å². The molecule has 2 heterocycles. The second-order valence-corrected chi connectivity index (χ2v) is 7.25. The highest BCUT2D eigenvalue weighted by Gasteiger charge is 2.40. The predicted octanol–water partition coefficient (Wildman–Crippen LogP) is 2.40. The lowest BCUT2D eigenvalue weighted by molar-refractivity contribution is -0.157. The highest BCUT2D eigenvalue weighted by molar-refractivity contribution is 6.30. The average Bonchev–Trinajstić information content (AvgIpc) is 3.26. The lowest BCUT2D eigenvalue weighted by Gasteiger charge is -2.24. The SMILES string of the molecule is C[C@@H](OC(=O)[C@@H]1CC(=O)N(C2CCCC2)C1)C(=O)Nc1ccc(Cl)cn1. The summed E-state index contributed by atoms with van der Waals surface area (Å²) in [6, 6.07) is 3.41. The number of nitrogens with one attached hydrogen (secondary N) is 1. The molecule has 0 bridgehead atoms. The fourth-order valence-corrected chi connectivity index (χ4v) is 3.57. The molecule has 3 rings (SSSR count). The molecule has 1 aromatic rings. The molecule has 0 spiro atoms. The maximum absolute atomic E-state index is 12.3. The molecule has 2 aliphatic rings. The fraction of sp³-hybridized carbons (Fsp3) is 0.556. The predicted molar refractivity (Wildman–Crippen MR) is 95.5 cm³/mol. The standard InChI is InChI=1S/C18H22ClN3O4/c1-11(17(24)21-15-7-6-13(19)9-20-15)26-18(25)12-8-16(23)22(10-12)14-4-2-3-5-14/h6-7,9,11-12,14H,2-5,8,10H2,1H3,(H,20,21,24)/t11-,12-/m1/s1. The number of aromatic nitrogens is 1. The molecule has 0 unspecified atom stereocenters. The zero-order valence-electron chi connectivity index (χ0n) is 14.6. The molecule has 1 aromatic heterocycles. The third kappa shape index (κ3) is 4.33. The van der Waals surface area contributed by atoms with E-state index in [-0.39, 0.29) is 18.4 Å². The molecule has 0 aromatic carbocycles. The van der Waals surface area contributed by atoms with E-state index in [1.165, 1.54) is 13.1 Å². The van der Waals surface area contributed by atoms with Crippen molar-refractivity contribution in [3.63, 3.8) is 0 Å². The van der Waals surface area contributed by atoms with Crippen LogP contribution in [0.25, 0.3) is 0 Å². The van der Waals surface area contributed by atoms with Gasteiger partial charge in [0.25, 0.3) is 5.91 Å². The number of halogens is 1. The van der Waals surface area contributed by atoms with Crippen molar-refractivity contribution in [2.75, 3.05) is 11.9 Å². The summed E-state index contributed by atoms with van der Waals surface area (Å²) in [6.07, 6.45) is 4.84. The van der Waals surface area contributed by atoms with Gasteiger partial charge in [-0.1, -0.05) is 24.4 Å². The highest BCUT2D eigenvalue weighted by atomic mass is 35.5. The third-order valence-electron chi connectivity index (χ3n) is 4.90. The Morgan fingerprint density at radius 1 is 1.35 bits per heavy atom. The number of likely N-dealkylation sites (tertiary alicyclic amines) is 1. The van der Waals surface area contributed by atoms with Gasteiger partial charge in [-0.2, -0.15) is 0 Å². The van der Waals surface area contributed by atoms with E-state index in [2.05, 4.69) is 10.3 Å². The monoisotopic (exact) mass is 379 g/mol. The van der Waals surface area contributed by atoms with E-state index in [1.54, 1.807) is 17.0 Å². The average molecular weight is 380 g/mol. The van der Waals surface area contributed by atoms with Crippen LogP contribution >= 0.6 is 11.6 Å². The van der Waals surface area contributed by atoms with Gasteiger partial charge in [-0.25, -0.2) is 4.98 Å². The second kappa shape index (κ2) is 8.03. The van der Waals surface area contributed by atoms with Crippen LogP contribution in [0.4, 0.5) is 5.82 Å². The first-order valence-electron chi connectivity index (χ1n) is 8.86. The molecule has 2 amide bonds. The van der Waals surface area contributed by atoms with Crippen molar-refractivity contribution in [2.24, 2.45) is 5.92 Å². The highest BCUT2D eigenvalue weighted by Crippen LogP contribution is 2.30. The number of hydrogen-bond acceptors (Lipinski definition) is 5. The molecule has 1 saturated heterocycles. The summed E-state index contributed by atoms with van der Waals surface area (Å²) in [5.74, 6) is -1.17. The minimum absolute atomic E-state index is 0.00122. The summed E-state index contributed by atoms with van der Waals surface area (Å²) in [7, 11) is 0. The van der Waals surface area contributed by atoms with E-state index in [4.69, 9.17) is 16.3 Å². The van der Waals surface area contributed by atoms with Crippen LogP contribution < -0.4 is 5.32 Å². The van der Waals surface area contributed by atoms with Gasteiger partial charge in [0.2, 0.25) is 5.91 Å². The summed E-state index contributed by atoms with van der Waals surface area (Å²) in [5, 5.41) is 3.02. The van der Waals surface area contributed by atoms with E-state index in [1.807, 2.05) is 0 Å². The van der Waals surface area contributed by atoms with Crippen LogP contribution in [0.5, 0.6) is 0 Å². The Hall–Kier alpha value is -2.15. The smallest absolute Gasteiger partial charge is 0.312 e. The maximum Gasteiger partial charge on any atom is 0.312 e. The first kappa shape index (κ1) is 18.6. The largest absolute Gasteiger partial charge is 0.452 e. The minimum atomic E-state index is -0.976. The molecule has 2 fully saturated rings. The van der Waals surface area contributed by atoms with Crippen LogP contribution in [0.1, 0.15) is 39.0 Å². The number of carbonyl (C=O) groups is 3. The van der Waals surface area contributed by atoms with Crippen molar-refractivity contribution >= 4 is 35.2 Å². The van der Waals surface area contributed by atoms with E-state index < -0.39 is 23.9 Å². The van der Waals surface area contributed by atoms with E-state index in [0.717, 1.165) is 25.7 Å². The number of esters is 1. The van der Waals surface area contributed by atoms with Crippen LogP contribution in [-0.4, -0.2) is 46.4 Å². The summed E-state index contributed by atoms with van der Waals surface area (Å²) in [4.78, 5) is 42.5. The van der Waals surface area contributed by atoms with Crippen LogP contribution in [0.15, 0.2) is 18.3 Å². The molecular weight excluding hydrogens is 358 g/mol. The Bertz CT molecular complexity index is 688. The van der Waals surface area contributed by atoms with Crippen molar-refractivity contribution in [1.82, 2.24) is 9.88 Å². The first-order chi connectivity index (χ1) is 12.4. The number of ether oxygens (including phenoxy) is 1. The minimum Gasteiger partial charge on any atom is -0.452 e. The molecular formula is C18H22ClN3O4. The van der Waals surface area contributed by atoms with Gasteiger partial charge in [0, 0.05) is 25.2 Å². The van der Waals surface area contributed by atoms with Gasteiger partial charge in [0.1, 0.15) is 5.82 Å². The van der Waals surface area contributed by atoms with Crippen molar-refractivity contribution < 1.29 is 19.1 Å². The molecule has 26 heavy (non-hydrogen) atoms. The van der Waals surface area contributed by atoms with Gasteiger partial charge in [0.05, 0.1) is 10.9 Å². The van der Waals surface area contributed by atoms with Crippen molar-refractivity contribution in [2.45, 2.75) is 51.2 Å². The lowest BCUT2D eigenvalue weighted by Crippen LogP contribution is -2.36. The third-order valence-corrected chi connectivity index (χ3v) is 5.12. The quantitative estimate of drug-likeness (QED) is 0.793. The fourth-order valence-electron chi connectivity index (χ4n) is 3.46.